The molecule has 2 nitrogen and oxygen atoms in total. The molecule has 2 aromatic rings. The second-order valence-electron chi connectivity index (χ2n) is 3.77. The molecule has 0 aliphatic rings. The number of nitrogens with zero attached hydrogens (tertiary/aromatic N) is 1. The van der Waals surface area contributed by atoms with E-state index in [1.165, 1.54) is 18.2 Å². The van der Waals surface area contributed by atoms with Crippen molar-refractivity contribution in [2.45, 2.75) is 0 Å². The first-order valence-corrected chi connectivity index (χ1v) is 5.61. The van der Waals surface area contributed by atoms with Crippen molar-refractivity contribution in [2.75, 3.05) is 5.32 Å². The van der Waals surface area contributed by atoms with E-state index in [4.69, 9.17) is 16.9 Å². The van der Waals surface area contributed by atoms with Crippen LogP contribution in [0.5, 0.6) is 0 Å². The third-order valence-electron chi connectivity index (χ3n) is 2.47. The zero-order valence-corrected chi connectivity index (χ0v) is 10.4. The number of hydrogen-bond acceptors (Lipinski definition) is 2. The maximum Gasteiger partial charge on any atom is 0.185 e. The van der Waals surface area contributed by atoms with Crippen LogP contribution in [0, 0.1) is 34.6 Å². The average molecular weight is 301 g/mol. The van der Waals surface area contributed by atoms with Gasteiger partial charge in [0.25, 0.3) is 0 Å². The molecule has 0 unspecified atom stereocenters. The SMILES string of the molecule is N#Cc1ccc(Cl)cc1Nc1c(F)c(F)cc(F)c1F. The summed E-state index contributed by atoms with van der Waals surface area (Å²) in [5, 5.41) is 11.2. The monoisotopic (exact) mass is 300 g/mol. The lowest BCUT2D eigenvalue weighted by atomic mass is 10.1. The molecule has 0 aliphatic heterocycles. The lowest BCUT2D eigenvalue weighted by molar-refractivity contribution is 0.459. The van der Waals surface area contributed by atoms with E-state index in [2.05, 4.69) is 5.32 Å². The van der Waals surface area contributed by atoms with Crippen LogP contribution in [0.2, 0.25) is 5.02 Å². The highest BCUT2D eigenvalue weighted by Crippen LogP contribution is 2.30. The average Bonchev–Trinajstić information content (AvgIpc) is 2.41. The van der Waals surface area contributed by atoms with Crippen LogP contribution in [0.15, 0.2) is 24.3 Å². The molecule has 0 saturated carbocycles. The van der Waals surface area contributed by atoms with Gasteiger partial charge in [-0.3, -0.25) is 0 Å². The van der Waals surface area contributed by atoms with Gasteiger partial charge in [-0.25, -0.2) is 17.6 Å². The van der Waals surface area contributed by atoms with Crippen molar-refractivity contribution in [1.82, 2.24) is 0 Å². The predicted molar refractivity (Wildman–Crippen MR) is 65.7 cm³/mol. The fourth-order valence-corrected chi connectivity index (χ4v) is 1.71. The summed E-state index contributed by atoms with van der Waals surface area (Å²) in [5.74, 6) is -6.28. The first-order chi connectivity index (χ1) is 9.43. The molecule has 0 fully saturated rings. The van der Waals surface area contributed by atoms with Gasteiger partial charge in [0.1, 0.15) is 11.8 Å². The van der Waals surface area contributed by atoms with Gasteiger partial charge in [0, 0.05) is 11.1 Å². The smallest absolute Gasteiger partial charge is 0.185 e. The van der Waals surface area contributed by atoms with Crippen molar-refractivity contribution >= 4 is 23.0 Å². The number of anilines is 2. The second kappa shape index (κ2) is 5.39. The van der Waals surface area contributed by atoms with Crippen molar-refractivity contribution in [3.63, 3.8) is 0 Å². The van der Waals surface area contributed by atoms with Crippen molar-refractivity contribution in [3.05, 3.63) is 58.1 Å². The molecule has 7 heteroatoms. The fourth-order valence-electron chi connectivity index (χ4n) is 1.53. The molecule has 0 aromatic heterocycles. The van der Waals surface area contributed by atoms with Crippen molar-refractivity contribution in [1.29, 1.82) is 5.26 Å². The molecule has 0 atom stereocenters. The molecule has 0 spiro atoms. The van der Waals surface area contributed by atoms with Gasteiger partial charge in [-0.05, 0) is 18.2 Å². The van der Waals surface area contributed by atoms with E-state index in [0.29, 0.717) is 0 Å². The number of hydrogen-bond donors (Lipinski definition) is 1. The van der Waals surface area contributed by atoms with Crippen LogP contribution in [-0.2, 0) is 0 Å². The maximum absolute atomic E-state index is 13.5. The van der Waals surface area contributed by atoms with E-state index in [-0.39, 0.29) is 22.3 Å². The Balaban J connectivity index is 2.56. The Morgan fingerprint density at radius 2 is 1.60 bits per heavy atom. The molecule has 0 bridgehead atoms. The van der Waals surface area contributed by atoms with E-state index in [1.807, 2.05) is 0 Å². The van der Waals surface area contributed by atoms with E-state index < -0.39 is 29.0 Å². The van der Waals surface area contributed by atoms with Crippen LogP contribution in [0.25, 0.3) is 0 Å². The molecule has 0 aliphatic carbocycles. The van der Waals surface area contributed by atoms with Gasteiger partial charge >= 0.3 is 0 Å². The van der Waals surface area contributed by atoms with Crippen LogP contribution in [-0.4, -0.2) is 0 Å². The quantitative estimate of drug-likeness (QED) is 0.654. The minimum Gasteiger partial charge on any atom is -0.349 e. The highest BCUT2D eigenvalue weighted by atomic mass is 35.5. The molecule has 0 saturated heterocycles. The molecule has 0 heterocycles. The zero-order chi connectivity index (χ0) is 14.9. The summed E-state index contributed by atoms with van der Waals surface area (Å²) >= 11 is 5.70. The van der Waals surface area contributed by atoms with Crippen LogP contribution in [0.3, 0.4) is 0 Å². The molecule has 2 rings (SSSR count). The Morgan fingerprint density at radius 1 is 1.00 bits per heavy atom. The molecule has 2 aromatic carbocycles. The minimum atomic E-state index is -1.59. The van der Waals surface area contributed by atoms with E-state index >= 15 is 0 Å². The van der Waals surface area contributed by atoms with Crippen LogP contribution >= 0.6 is 11.6 Å². The van der Waals surface area contributed by atoms with Crippen molar-refractivity contribution in [3.8, 4) is 6.07 Å². The first kappa shape index (κ1) is 14.2. The van der Waals surface area contributed by atoms with Crippen LogP contribution in [0.4, 0.5) is 28.9 Å². The number of nitriles is 1. The molecular weight excluding hydrogens is 296 g/mol. The van der Waals surface area contributed by atoms with Gasteiger partial charge in [0.05, 0.1) is 11.3 Å². The van der Waals surface area contributed by atoms with Gasteiger partial charge in [-0.1, -0.05) is 11.6 Å². The third kappa shape index (κ3) is 2.53. The van der Waals surface area contributed by atoms with Gasteiger partial charge in [0.2, 0.25) is 0 Å². The Morgan fingerprint density at radius 3 is 2.15 bits per heavy atom. The Labute approximate surface area is 116 Å². The van der Waals surface area contributed by atoms with Gasteiger partial charge in [0.15, 0.2) is 23.3 Å². The highest BCUT2D eigenvalue weighted by Gasteiger charge is 2.20. The number of rotatable bonds is 2. The third-order valence-corrected chi connectivity index (χ3v) is 2.71. The van der Waals surface area contributed by atoms with Gasteiger partial charge in [-0.2, -0.15) is 5.26 Å². The minimum absolute atomic E-state index is 0.0119. The van der Waals surface area contributed by atoms with Crippen molar-refractivity contribution in [2.24, 2.45) is 0 Å². The second-order valence-corrected chi connectivity index (χ2v) is 4.21. The topological polar surface area (TPSA) is 35.8 Å². The van der Waals surface area contributed by atoms with Crippen molar-refractivity contribution < 1.29 is 17.6 Å². The highest BCUT2D eigenvalue weighted by molar-refractivity contribution is 6.30. The first-order valence-electron chi connectivity index (χ1n) is 5.23. The zero-order valence-electron chi connectivity index (χ0n) is 9.65. The summed E-state index contributed by atoms with van der Waals surface area (Å²) in [6.07, 6.45) is 0. The molecule has 1 N–H and O–H groups in total. The van der Waals surface area contributed by atoms with E-state index in [0.717, 1.165) is 0 Å². The Bertz CT molecular complexity index is 699. The maximum atomic E-state index is 13.5. The number of halogens is 5. The van der Waals surface area contributed by atoms with Gasteiger partial charge < -0.3 is 5.32 Å². The summed E-state index contributed by atoms with van der Waals surface area (Å²) in [6.45, 7) is 0. The summed E-state index contributed by atoms with van der Waals surface area (Å²) < 4.78 is 53.2. The summed E-state index contributed by atoms with van der Waals surface area (Å²) in [4.78, 5) is 0. The van der Waals surface area contributed by atoms with Gasteiger partial charge in [-0.15, -0.1) is 0 Å². The number of benzene rings is 2. The van der Waals surface area contributed by atoms with Crippen LogP contribution < -0.4 is 5.32 Å². The molecule has 20 heavy (non-hydrogen) atoms. The fraction of sp³-hybridized carbons (Fsp3) is 0. The lowest BCUT2D eigenvalue weighted by Gasteiger charge is -2.11. The summed E-state index contributed by atoms with van der Waals surface area (Å²) in [5.41, 5.74) is -1.08. The largest absolute Gasteiger partial charge is 0.349 e. The normalized spacial score (nSPS) is 10.2. The molecule has 0 radical (unpaired) electrons. The van der Waals surface area contributed by atoms with Crippen LogP contribution in [0.1, 0.15) is 5.56 Å². The lowest BCUT2D eigenvalue weighted by Crippen LogP contribution is -2.04. The van der Waals surface area contributed by atoms with E-state index in [9.17, 15) is 17.6 Å². The molecule has 102 valence electrons. The standard InChI is InChI=1S/C13H5ClF4N2/c14-7-2-1-6(5-19)10(3-7)20-13-11(17)8(15)4-9(16)12(13)18/h1-4,20H. The summed E-state index contributed by atoms with van der Waals surface area (Å²) in [6, 6.07) is 5.76. The number of nitrogens with one attached hydrogen (secondary N) is 1. The predicted octanol–water partition coefficient (Wildman–Crippen LogP) is 4.51. The van der Waals surface area contributed by atoms with E-state index in [1.54, 1.807) is 6.07 Å². The Hall–Kier alpha value is -2.26. The Kier molecular flexibility index (Phi) is 3.81. The molecular formula is C13H5ClF4N2. The molecule has 0 amide bonds. The summed E-state index contributed by atoms with van der Waals surface area (Å²) in [7, 11) is 0.